The zero-order valence-corrected chi connectivity index (χ0v) is 13.4. The summed E-state index contributed by atoms with van der Waals surface area (Å²) in [6.45, 7) is 5.69. The molecule has 0 radical (unpaired) electrons. The van der Waals surface area contributed by atoms with Crippen molar-refractivity contribution < 1.29 is 24.5 Å². The van der Waals surface area contributed by atoms with Crippen molar-refractivity contribution in [3.63, 3.8) is 0 Å². The molecule has 2 heterocycles. The Morgan fingerprint density at radius 2 is 1.74 bits per heavy atom. The van der Waals surface area contributed by atoms with E-state index in [4.69, 9.17) is 4.74 Å². The molecule has 2 amide bonds. The molecular weight excluding hydrogens is 302 g/mol. The van der Waals surface area contributed by atoms with E-state index in [1.54, 1.807) is 19.1 Å². The van der Waals surface area contributed by atoms with Crippen molar-refractivity contribution >= 4 is 12.2 Å². The molecule has 0 spiro atoms. The van der Waals surface area contributed by atoms with Crippen LogP contribution >= 0.6 is 0 Å². The summed E-state index contributed by atoms with van der Waals surface area (Å²) < 4.78 is 5.69. The predicted octanol–water partition coefficient (Wildman–Crippen LogP) is 1.81. The first-order chi connectivity index (χ1) is 10.8. The minimum atomic E-state index is -1.07. The molecule has 0 aromatic carbocycles. The van der Waals surface area contributed by atoms with Gasteiger partial charge >= 0.3 is 12.2 Å². The van der Waals surface area contributed by atoms with E-state index in [-0.39, 0.29) is 25.7 Å². The number of hydrogen-bond acceptors (Lipinski definition) is 4. The zero-order chi connectivity index (χ0) is 17.1. The number of ether oxygens (including phenoxy) is 1. The van der Waals surface area contributed by atoms with Gasteiger partial charge in [-0.2, -0.15) is 0 Å². The fourth-order valence-corrected chi connectivity index (χ4v) is 2.75. The van der Waals surface area contributed by atoms with E-state index in [0.717, 1.165) is 11.4 Å². The number of carbonyl (C=O) groups is 2. The largest absolute Gasteiger partial charge is 0.491 e. The lowest BCUT2D eigenvalue weighted by atomic mass is 10.1. The van der Waals surface area contributed by atoms with Gasteiger partial charge in [0.1, 0.15) is 12.4 Å². The maximum atomic E-state index is 11.4. The third kappa shape index (κ3) is 4.02. The highest BCUT2D eigenvalue weighted by atomic mass is 16.5. The fourth-order valence-electron chi connectivity index (χ4n) is 2.75. The van der Waals surface area contributed by atoms with Gasteiger partial charge in [0.2, 0.25) is 0 Å². The van der Waals surface area contributed by atoms with Crippen molar-refractivity contribution in [2.45, 2.75) is 32.9 Å². The van der Waals surface area contributed by atoms with Crippen LogP contribution in [-0.2, 0) is 0 Å². The lowest BCUT2D eigenvalue weighted by Crippen LogP contribution is -2.61. The number of aromatic nitrogens is 1. The molecule has 2 N–H and O–H groups in total. The lowest BCUT2D eigenvalue weighted by Gasteiger charge is -2.42. The highest BCUT2D eigenvalue weighted by molar-refractivity contribution is 5.68. The second-order valence-corrected chi connectivity index (χ2v) is 5.77. The first kappa shape index (κ1) is 16.9. The van der Waals surface area contributed by atoms with E-state index in [0.29, 0.717) is 5.75 Å². The Morgan fingerprint density at radius 3 is 2.26 bits per heavy atom. The van der Waals surface area contributed by atoms with Gasteiger partial charge in [-0.3, -0.25) is 9.88 Å². The molecule has 0 saturated carbocycles. The smallest absolute Gasteiger partial charge is 0.407 e. The summed E-state index contributed by atoms with van der Waals surface area (Å²) in [6, 6.07) is 2.59. The van der Waals surface area contributed by atoms with Gasteiger partial charge in [-0.05, 0) is 20.8 Å². The first-order valence-electron chi connectivity index (χ1n) is 7.35. The van der Waals surface area contributed by atoms with Gasteiger partial charge < -0.3 is 19.8 Å². The van der Waals surface area contributed by atoms with Gasteiger partial charge in [0, 0.05) is 36.6 Å². The lowest BCUT2D eigenvalue weighted by molar-refractivity contribution is 0.0233. The maximum Gasteiger partial charge on any atom is 0.407 e. The molecule has 8 nitrogen and oxygen atoms in total. The molecule has 1 saturated heterocycles. The van der Waals surface area contributed by atoms with E-state index >= 15 is 0 Å². The van der Waals surface area contributed by atoms with Gasteiger partial charge in [-0.25, -0.2) is 9.59 Å². The molecule has 8 heteroatoms. The summed E-state index contributed by atoms with van der Waals surface area (Å²) in [5.41, 5.74) is 1.61. The number of piperazine rings is 1. The van der Waals surface area contributed by atoms with Crippen LogP contribution in [0.4, 0.5) is 9.59 Å². The molecule has 1 aliphatic heterocycles. The molecule has 126 valence electrons. The van der Waals surface area contributed by atoms with Gasteiger partial charge in [-0.15, -0.1) is 0 Å². The van der Waals surface area contributed by atoms with Crippen LogP contribution in [0, 0.1) is 13.8 Å². The highest BCUT2D eigenvalue weighted by Gasteiger charge is 2.37. The van der Waals surface area contributed by atoms with Crippen molar-refractivity contribution in [2.24, 2.45) is 0 Å². The normalized spacial score (nSPS) is 21.2. The summed E-state index contributed by atoms with van der Waals surface area (Å²) in [4.78, 5) is 29.4. The van der Waals surface area contributed by atoms with Crippen LogP contribution in [0.2, 0.25) is 0 Å². The Bertz CT molecular complexity index is 587. The molecule has 2 rings (SSSR count). The quantitative estimate of drug-likeness (QED) is 0.879. The summed E-state index contributed by atoms with van der Waals surface area (Å²) in [5, 5.41) is 18.6. The van der Waals surface area contributed by atoms with Crippen LogP contribution in [0.15, 0.2) is 12.1 Å². The number of carboxylic acid groups (broad SMARTS) is 2. The number of nitrogens with zero attached hydrogens (tertiary/aromatic N) is 3. The summed E-state index contributed by atoms with van der Waals surface area (Å²) in [5.74, 6) is 0.598. The highest BCUT2D eigenvalue weighted by Crippen LogP contribution is 2.19. The minimum Gasteiger partial charge on any atom is -0.491 e. The number of hydrogen-bond donors (Lipinski definition) is 2. The molecule has 0 bridgehead atoms. The van der Waals surface area contributed by atoms with Gasteiger partial charge in [0.25, 0.3) is 0 Å². The number of aryl methyl sites for hydroxylation is 2. The topological polar surface area (TPSA) is 103 Å². The van der Waals surface area contributed by atoms with Crippen molar-refractivity contribution in [2.75, 3.05) is 19.7 Å². The third-order valence-corrected chi connectivity index (χ3v) is 3.83. The summed E-state index contributed by atoms with van der Waals surface area (Å²) in [6.07, 6.45) is -2.12. The summed E-state index contributed by atoms with van der Waals surface area (Å²) in [7, 11) is 0. The van der Waals surface area contributed by atoms with Crippen LogP contribution < -0.4 is 4.74 Å². The molecule has 0 aliphatic carbocycles. The van der Waals surface area contributed by atoms with E-state index < -0.39 is 18.2 Å². The van der Waals surface area contributed by atoms with E-state index in [1.807, 2.05) is 13.8 Å². The maximum absolute atomic E-state index is 11.4. The third-order valence-electron chi connectivity index (χ3n) is 3.83. The molecule has 23 heavy (non-hydrogen) atoms. The molecule has 1 aromatic rings. The second kappa shape index (κ2) is 6.72. The minimum absolute atomic E-state index is 0.0890. The summed E-state index contributed by atoms with van der Waals surface area (Å²) >= 11 is 0. The van der Waals surface area contributed by atoms with Crippen molar-refractivity contribution in [3.8, 4) is 5.75 Å². The van der Waals surface area contributed by atoms with E-state index in [2.05, 4.69) is 4.98 Å². The number of pyridine rings is 1. The van der Waals surface area contributed by atoms with Crippen LogP contribution in [0.3, 0.4) is 0 Å². The monoisotopic (exact) mass is 323 g/mol. The fraction of sp³-hybridized carbons (Fsp3) is 0.533. The zero-order valence-electron chi connectivity index (χ0n) is 13.4. The number of amides is 2. The van der Waals surface area contributed by atoms with Crippen LogP contribution in [0.1, 0.15) is 18.3 Å². The Hall–Kier alpha value is -2.51. The van der Waals surface area contributed by atoms with Gasteiger partial charge in [0.15, 0.2) is 0 Å². The average Bonchev–Trinajstić information content (AvgIpc) is 2.44. The Labute approximate surface area is 134 Å². The van der Waals surface area contributed by atoms with Crippen molar-refractivity contribution in [1.29, 1.82) is 0 Å². The van der Waals surface area contributed by atoms with Gasteiger partial charge in [-0.1, -0.05) is 0 Å². The van der Waals surface area contributed by atoms with Gasteiger partial charge in [0.05, 0.1) is 12.1 Å². The standard InChI is InChI=1S/C15H21N3O5/c1-9-4-13(5-10(2)16-9)23-8-12-7-17(14(19)20)11(3)6-18(12)15(21)22/h4-5,11-12H,6-8H2,1-3H3,(H,19,20)(H,21,22)/t11-,12-/m0/s1. The Kier molecular flexibility index (Phi) is 4.92. The van der Waals surface area contributed by atoms with Crippen LogP contribution in [-0.4, -0.2) is 69.0 Å². The Balaban J connectivity index is 2.10. The van der Waals surface area contributed by atoms with Crippen molar-refractivity contribution in [3.05, 3.63) is 23.5 Å². The average molecular weight is 323 g/mol. The molecule has 0 unspecified atom stereocenters. The molecule has 2 atom stereocenters. The predicted molar refractivity (Wildman–Crippen MR) is 81.9 cm³/mol. The molecular formula is C15H21N3O5. The van der Waals surface area contributed by atoms with E-state index in [1.165, 1.54) is 9.80 Å². The first-order valence-corrected chi connectivity index (χ1v) is 7.35. The molecule has 1 fully saturated rings. The second-order valence-electron chi connectivity index (χ2n) is 5.77. The molecule has 1 aromatic heterocycles. The SMILES string of the molecule is Cc1cc(OC[C@@H]2CN(C(=O)O)[C@@H](C)CN2C(=O)O)cc(C)n1. The van der Waals surface area contributed by atoms with E-state index in [9.17, 15) is 19.8 Å². The van der Waals surface area contributed by atoms with Crippen molar-refractivity contribution in [1.82, 2.24) is 14.8 Å². The van der Waals surface area contributed by atoms with Crippen LogP contribution in [0.25, 0.3) is 0 Å². The molecule has 1 aliphatic rings. The van der Waals surface area contributed by atoms with Crippen LogP contribution in [0.5, 0.6) is 5.75 Å². The Morgan fingerprint density at radius 1 is 1.17 bits per heavy atom. The number of rotatable bonds is 3.